The molecule has 3 amide bonds. The van der Waals surface area contributed by atoms with Gasteiger partial charge in [-0.3, -0.25) is 4.79 Å². The van der Waals surface area contributed by atoms with Crippen LogP contribution in [0, 0.1) is 0 Å². The number of benzene rings is 1. The third-order valence-corrected chi connectivity index (χ3v) is 6.97. The summed E-state index contributed by atoms with van der Waals surface area (Å²) in [5.41, 5.74) is 1.04. The molecule has 1 fully saturated rings. The highest BCUT2D eigenvalue weighted by Gasteiger charge is 2.34. The third-order valence-electron chi connectivity index (χ3n) is 5.88. The van der Waals surface area contributed by atoms with Crippen LogP contribution in [0.3, 0.4) is 0 Å². The Kier molecular flexibility index (Phi) is 5.47. The van der Waals surface area contributed by atoms with Crippen LogP contribution >= 0.6 is 11.3 Å². The molecule has 4 aromatic rings. The molecule has 176 valence electrons. The van der Waals surface area contributed by atoms with Crippen molar-refractivity contribution in [3.63, 3.8) is 0 Å². The maximum atomic E-state index is 13.2. The van der Waals surface area contributed by atoms with Crippen LogP contribution in [0.5, 0.6) is 11.5 Å². The first-order chi connectivity index (χ1) is 17.2. The Morgan fingerprint density at radius 3 is 2.71 bits per heavy atom. The lowest BCUT2D eigenvalue weighted by atomic mass is 10.1. The maximum Gasteiger partial charge on any atom is 0.333 e. The van der Waals surface area contributed by atoms with Gasteiger partial charge in [-0.1, -0.05) is 18.2 Å². The van der Waals surface area contributed by atoms with Crippen molar-refractivity contribution in [2.24, 2.45) is 0 Å². The van der Waals surface area contributed by atoms with Crippen LogP contribution in [0.1, 0.15) is 22.5 Å². The molecule has 2 aliphatic heterocycles. The number of amides is 3. The molecular formula is C24H21N7O3S. The largest absolute Gasteiger partial charge is 0.454 e. The number of para-hydroxylation sites is 1. The Labute approximate surface area is 204 Å². The average molecular weight is 488 g/mol. The number of piperidine rings is 1. The van der Waals surface area contributed by atoms with Crippen LogP contribution in [0.25, 0.3) is 10.2 Å². The van der Waals surface area contributed by atoms with E-state index >= 15 is 0 Å². The topological polar surface area (TPSA) is 121 Å². The summed E-state index contributed by atoms with van der Waals surface area (Å²) in [6, 6.07) is 10.6. The monoisotopic (exact) mass is 487 g/mol. The summed E-state index contributed by atoms with van der Waals surface area (Å²) >= 11 is 1.26. The highest BCUT2D eigenvalue weighted by molar-refractivity contribution is 7.21. The lowest BCUT2D eigenvalue weighted by Gasteiger charge is -2.27. The van der Waals surface area contributed by atoms with E-state index in [4.69, 9.17) is 4.74 Å². The van der Waals surface area contributed by atoms with Gasteiger partial charge in [-0.05, 0) is 37.6 Å². The highest BCUT2D eigenvalue weighted by atomic mass is 32.1. The van der Waals surface area contributed by atoms with Crippen molar-refractivity contribution in [2.75, 3.05) is 23.3 Å². The van der Waals surface area contributed by atoms with Gasteiger partial charge < -0.3 is 20.7 Å². The summed E-state index contributed by atoms with van der Waals surface area (Å²) in [7, 11) is 0. The highest BCUT2D eigenvalue weighted by Crippen LogP contribution is 2.45. The summed E-state index contributed by atoms with van der Waals surface area (Å²) in [4.78, 5) is 41.9. The Morgan fingerprint density at radius 2 is 1.94 bits per heavy atom. The van der Waals surface area contributed by atoms with Crippen molar-refractivity contribution >= 4 is 50.8 Å². The van der Waals surface area contributed by atoms with Gasteiger partial charge in [0, 0.05) is 18.8 Å². The minimum Gasteiger partial charge on any atom is -0.454 e. The van der Waals surface area contributed by atoms with E-state index in [2.05, 4.69) is 30.9 Å². The number of aromatic nitrogens is 3. The molecule has 3 N–H and O–H groups in total. The molecule has 1 saturated heterocycles. The van der Waals surface area contributed by atoms with Crippen LogP contribution in [0.4, 0.5) is 22.1 Å². The molecule has 0 saturated carbocycles. The molecule has 35 heavy (non-hydrogen) atoms. The summed E-state index contributed by atoms with van der Waals surface area (Å²) in [6.07, 6.45) is 6.58. The van der Waals surface area contributed by atoms with Crippen LogP contribution in [-0.4, -0.2) is 46.0 Å². The molecule has 5 heterocycles. The van der Waals surface area contributed by atoms with Crippen LogP contribution in [0.2, 0.25) is 0 Å². The SMILES string of the molecule is O=C(NC1CCCNC1)c1sc2nccc3c2c1NC(=O)N3c1ncc(Oc2ccccc2)cn1. The zero-order chi connectivity index (χ0) is 23.8. The second-order valence-electron chi connectivity index (χ2n) is 8.23. The second-order valence-corrected chi connectivity index (χ2v) is 9.23. The van der Waals surface area contributed by atoms with Gasteiger partial charge in [-0.15, -0.1) is 11.3 Å². The smallest absolute Gasteiger partial charge is 0.333 e. The molecule has 11 heteroatoms. The summed E-state index contributed by atoms with van der Waals surface area (Å²) in [6.45, 7) is 1.69. The van der Waals surface area contributed by atoms with Gasteiger partial charge in [0.1, 0.15) is 15.5 Å². The van der Waals surface area contributed by atoms with E-state index in [0.717, 1.165) is 25.9 Å². The van der Waals surface area contributed by atoms with Crippen molar-refractivity contribution in [3.05, 3.63) is 59.9 Å². The molecule has 6 rings (SSSR count). The van der Waals surface area contributed by atoms with Crippen molar-refractivity contribution in [1.82, 2.24) is 25.6 Å². The van der Waals surface area contributed by atoms with E-state index in [9.17, 15) is 9.59 Å². The number of anilines is 3. The number of nitrogens with one attached hydrogen (secondary N) is 3. The average Bonchev–Trinajstić information content (AvgIpc) is 3.26. The fourth-order valence-electron chi connectivity index (χ4n) is 4.27. The number of rotatable bonds is 5. The molecule has 3 aromatic heterocycles. The van der Waals surface area contributed by atoms with Crippen molar-refractivity contribution < 1.29 is 14.3 Å². The summed E-state index contributed by atoms with van der Waals surface area (Å²) < 4.78 is 5.75. The molecule has 0 spiro atoms. The van der Waals surface area contributed by atoms with Crippen LogP contribution in [0.15, 0.2) is 55.0 Å². The lowest BCUT2D eigenvalue weighted by Crippen LogP contribution is -2.45. The lowest BCUT2D eigenvalue weighted by molar-refractivity contribution is 0.0935. The fraction of sp³-hybridized carbons (Fsp3) is 0.208. The molecule has 1 aromatic carbocycles. The predicted molar refractivity (Wildman–Crippen MR) is 133 cm³/mol. The predicted octanol–water partition coefficient (Wildman–Crippen LogP) is 4.04. The van der Waals surface area contributed by atoms with Crippen LogP contribution in [-0.2, 0) is 0 Å². The Morgan fingerprint density at radius 1 is 1.11 bits per heavy atom. The number of carbonyl (C=O) groups excluding carboxylic acids is 2. The first kappa shape index (κ1) is 21.4. The second kappa shape index (κ2) is 8.93. The van der Waals surface area contributed by atoms with Gasteiger partial charge in [0.15, 0.2) is 5.75 Å². The van der Waals surface area contributed by atoms with Crippen molar-refractivity contribution in [1.29, 1.82) is 0 Å². The van der Waals surface area contributed by atoms with Crippen LogP contribution < -0.4 is 25.6 Å². The normalized spacial score (nSPS) is 17.2. The van der Waals surface area contributed by atoms with E-state index in [1.54, 1.807) is 12.3 Å². The van der Waals surface area contributed by atoms with Crippen molar-refractivity contribution in [3.8, 4) is 11.5 Å². The quantitative estimate of drug-likeness (QED) is 0.388. The minimum atomic E-state index is -0.450. The third kappa shape index (κ3) is 4.04. The standard InChI is InChI=1S/C24H21N7O3S/c32-21(29-14-5-4-9-25-11-14)20-19-18-17(8-10-26-22(18)35-20)31(24(33)30-19)23-27-12-16(13-28-23)34-15-6-2-1-3-7-15/h1-3,6-8,10,12-14,25H,4-5,9,11H2,(H,29,32)(H,30,33). The van der Waals surface area contributed by atoms with Gasteiger partial charge in [-0.2, -0.15) is 0 Å². The number of nitrogens with zero attached hydrogens (tertiary/aromatic N) is 4. The van der Waals surface area contributed by atoms with Gasteiger partial charge in [0.2, 0.25) is 5.95 Å². The number of carbonyl (C=O) groups is 2. The van der Waals surface area contributed by atoms with E-state index in [0.29, 0.717) is 38.0 Å². The number of hydrogen-bond acceptors (Lipinski definition) is 8. The molecule has 0 aliphatic carbocycles. The zero-order valence-electron chi connectivity index (χ0n) is 18.5. The molecule has 2 aliphatic rings. The molecule has 1 unspecified atom stereocenters. The van der Waals surface area contributed by atoms with E-state index < -0.39 is 6.03 Å². The Hall–Kier alpha value is -4.09. The number of thiophene rings is 1. The first-order valence-electron chi connectivity index (χ1n) is 11.3. The van der Waals surface area contributed by atoms with E-state index in [1.807, 2.05) is 30.3 Å². The molecule has 0 radical (unpaired) electrons. The van der Waals surface area contributed by atoms with Gasteiger partial charge in [0.05, 0.1) is 29.2 Å². The fourth-order valence-corrected chi connectivity index (χ4v) is 5.29. The number of hydrogen-bond donors (Lipinski definition) is 3. The number of pyridine rings is 1. The summed E-state index contributed by atoms with van der Waals surface area (Å²) in [5, 5.41) is 9.92. The number of ether oxygens (including phenoxy) is 1. The van der Waals surface area contributed by atoms with Gasteiger partial charge in [0.25, 0.3) is 5.91 Å². The molecule has 0 bridgehead atoms. The molecule has 1 atom stereocenters. The van der Waals surface area contributed by atoms with E-state index in [-0.39, 0.29) is 17.9 Å². The number of urea groups is 1. The van der Waals surface area contributed by atoms with Crippen molar-refractivity contribution in [2.45, 2.75) is 18.9 Å². The first-order valence-corrected chi connectivity index (χ1v) is 12.1. The van der Waals surface area contributed by atoms with Gasteiger partial charge >= 0.3 is 6.03 Å². The minimum absolute atomic E-state index is 0.0573. The van der Waals surface area contributed by atoms with Gasteiger partial charge in [-0.25, -0.2) is 24.6 Å². The maximum absolute atomic E-state index is 13.2. The zero-order valence-corrected chi connectivity index (χ0v) is 19.3. The van der Waals surface area contributed by atoms with E-state index in [1.165, 1.54) is 28.6 Å². The Balaban J connectivity index is 1.31. The Bertz CT molecular complexity index is 1400. The summed E-state index contributed by atoms with van der Waals surface area (Å²) in [5.74, 6) is 1.08. The molecule has 10 nitrogen and oxygen atoms in total. The molecular weight excluding hydrogens is 466 g/mol.